The minimum Gasteiger partial charge on any atom is -0.480 e. The number of nitrogens with two attached hydrogens (primary N) is 4. The lowest BCUT2D eigenvalue weighted by molar-refractivity contribution is -0.142. The minimum absolute atomic E-state index is 0.0546. The number of guanidine groups is 1. The lowest BCUT2D eigenvalue weighted by atomic mass is 9.99. The van der Waals surface area contributed by atoms with Crippen molar-refractivity contribution in [3.8, 4) is 0 Å². The van der Waals surface area contributed by atoms with Gasteiger partial charge in [0.2, 0.25) is 17.7 Å². The summed E-state index contributed by atoms with van der Waals surface area (Å²) in [7, 11) is 0. The molecule has 0 saturated heterocycles. The highest BCUT2D eigenvalue weighted by Crippen LogP contribution is 2.19. The molecule has 0 saturated carbocycles. The first kappa shape index (κ1) is 34.0. The molecule has 0 aliphatic heterocycles. The summed E-state index contributed by atoms with van der Waals surface area (Å²) in [5.41, 5.74) is 23.8. The molecule has 2 aromatic rings. The standard InChI is InChI=1S/C28H45N9O5/c1-16(2)23(37-24(38)19(30)9-7-13-33-28(31)32)26(40)36-22(14-17-15-34-20-10-4-3-8-18(17)20)25(39)35-21(27(41)42)11-5-6-12-29/h3-4,8,10,15-16,19,21-23,34H,5-7,9,11-14,29-30H2,1-2H3,(H,35,39)(H,36,40)(H,37,38)(H,41,42)(H4,31,32,33)/t19-,21-,22-,23-/m0/s1. The monoisotopic (exact) mass is 587 g/mol. The maximum Gasteiger partial charge on any atom is 0.326 e. The molecule has 0 fully saturated rings. The fraction of sp³-hybridized carbons (Fsp3) is 0.536. The van der Waals surface area contributed by atoms with Crippen molar-refractivity contribution in [2.24, 2.45) is 33.8 Å². The highest BCUT2D eigenvalue weighted by atomic mass is 16.4. The minimum atomic E-state index is -1.18. The summed E-state index contributed by atoms with van der Waals surface area (Å²) in [6.07, 6.45) is 3.91. The van der Waals surface area contributed by atoms with Crippen molar-refractivity contribution in [3.63, 3.8) is 0 Å². The van der Waals surface area contributed by atoms with Crippen LogP contribution in [0.1, 0.15) is 51.5 Å². The van der Waals surface area contributed by atoms with Gasteiger partial charge < -0.3 is 49.0 Å². The summed E-state index contributed by atoms with van der Waals surface area (Å²) in [5.74, 6) is -3.36. The zero-order valence-electron chi connectivity index (χ0n) is 24.3. The van der Waals surface area contributed by atoms with E-state index < -0.39 is 47.9 Å². The van der Waals surface area contributed by atoms with E-state index in [1.165, 1.54) is 0 Å². The Labute approximate surface area is 245 Å². The highest BCUT2D eigenvalue weighted by molar-refractivity contribution is 5.95. The number of H-pyrrole nitrogens is 1. The lowest BCUT2D eigenvalue weighted by Crippen LogP contribution is -2.58. The summed E-state index contributed by atoms with van der Waals surface area (Å²) >= 11 is 0. The highest BCUT2D eigenvalue weighted by Gasteiger charge is 2.32. The molecule has 4 atom stereocenters. The number of nitrogens with zero attached hydrogens (tertiary/aromatic N) is 1. The number of aliphatic carboxylic acids is 1. The van der Waals surface area contributed by atoms with Gasteiger partial charge in [-0.25, -0.2) is 4.79 Å². The number of nitrogens with one attached hydrogen (secondary N) is 4. The van der Waals surface area contributed by atoms with Crippen LogP contribution >= 0.6 is 0 Å². The van der Waals surface area contributed by atoms with Crippen LogP contribution in [0.3, 0.4) is 0 Å². The number of amides is 3. The van der Waals surface area contributed by atoms with Crippen LogP contribution in [0.15, 0.2) is 35.5 Å². The van der Waals surface area contributed by atoms with E-state index in [1.54, 1.807) is 20.0 Å². The fourth-order valence-corrected chi connectivity index (χ4v) is 4.46. The topological polar surface area (TPSA) is 257 Å². The van der Waals surface area contributed by atoms with Gasteiger partial charge in [0.1, 0.15) is 18.1 Å². The third-order valence-electron chi connectivity index (χ3n) is 6.84. The van der Waals surface area contributed by atoms with Crippen molar-refractivity contribution >= 4 is 40.6 Å². The first-order chi connectivity index (χ1) is 19.9. The maximum absolute atomic E-state index is 13.5. The molecule has 0 spiro atoms. The fourth-order valence-electron chi connectivity index (χ4n) is 4.46. The number of benzene rings is 1. The third kappa shape index (κ3) is 10.7. The Morgan fingerprint density at radius 2 is 1.62 bits per heavy atom. The number of carboxylic acid groups (broad SMARTS) is 1. The third-order valence-corrected chi connectivity index (χ3v) is 6.84. The quantitative estimate of drug-likeness (QED) is 0.0613. The Bertz CT molecular complexity index is 1230. The van der Waals surface area contributed by atoms with E-state index in [1.807, 2.05) is 24.3 Å². The number of carboxylic acids is 1. The number of aromatic amines is 1. The molecule has 232 valence electrons. The van der Waals surface area contributed by atoms with Gasteiger partial charge in [-0.05, 0) is 56.2 Å². The van der Waals surface area contributed by atoms with Crippen LogP contribution in [0.2, 0.25) is 0 Å². The number of hydrogen-bond acceptors (Lipinski definition) is 7. The van der Waals surface area contributed by atoms with Gasteiger partial charge in [-0.2, -0.15) is 0 Å². The van der Waals surface area contributed by atoms with E-state index in [0.717, 1.165) is 16.5 Å². The van der Waals surface area contributed by atoms with Gasteiger partial charge in [0.05, 0.1) is 6.04 Å². The zero-order chi connectivity index (χ0) is 31.2. The van der Waals surface area contributed by atoms with Gasteiger partial charge in [0.15, 0.2) is 5.96 Å². The maximum atomic E-state index is 13.5. The van der Waals surface area contributed by atoms with Gasteiger partial charge in [-0.3, -0.25) is 19.4 Å². The molecule has 0 aliphatic rings. The first-order valence-corrected chi connectivity index (χ1v) is 14.1. The number of aliphatic imine (C=N–C) groups is 1. The molecule has 1 aromatic heterocycles. The summed E-state index contributed by atoms with van der Waals surface area (Å²) in [5, 5.41) is 18.5. The molecule has 3 amide bonds. The van der Waals surface area contributed by atoms with E-state index in [9.17, 15) is 24.3 Å². The normalized spacial score (nSPS) is 14.0. The van der Waals surface area contributed by atoms with Crippen LogP contribution < -0.4 is 38.9 Å². The molecule has 42 heavy (non-hydrogen) atoms. The Morgan fingerprint density at radius 1 is 0.929 bits per heavy atom. The van der Waals surface area contributed by atoms with Gasteiger partial charge in [-0.15, -0.1) is 0 Å². The molecule has 14 nitrogen and oxygen atoms in total. The summed E-state index contributed by atoms with van der Waals surface area (Å²) in [6.45, 7) is 4.22. The average molecular weight is 588 g/mol. The van der Waals surface area contributed by atoms with Gasteiger partial charge in [0, 0.05) is 30.1 Å². The van der Waals surface area contributed by atoms with Crippen molar-refractivity contribution in [2.75, 3.05) is 13.1 Å². The second kappa shape index (κ2) is 16.9. The number of unbranched alkanes of at least 4 members (excludes halogenated alkanes) is 1. The molecule has 1 aromatic carbocycles. The molecule has 0 radical (unpaired) electrons. The van der Waals surface area contributed by atoms with Crippen molar-refractivity contribution in [1.29, 1.82) is 0 Å². The van der Waals surface area contributed by atoms with Gasteiger partial charge >= 0.3 is 5.97 Å². The van der Waals surface area contributed by atoms with E-state index in [4.69, 9.17) is 22.9 Å². The molecule has 1 heterocycles. The second-order valence-electron chi connectivity index (χ2n) is 10.6. The number of para-hydroxylation sites is 1. The molecular formula is C28H45N9O5. The van der Waals surface area contributed by atoms with Crippen LogP contribution in [-0.4, -0.2) is 77.0 Å². The van der Waals surface area contributed by atoms with Crippen molar-refractivity contribution in [3.05, 3.63) is 36.0 Å². The summed E-state index contributed by atoms with van der Waals surface area (Å²) in [6, 6.07) is 3.32. The Kier molecular flexibility index (Phi) is 13.7. The van der Waals surface area contributed by atoms with Gasteiger partial charge in [0.25, 0.3) is 0 Å². The van der Waals surface area contributed by atoms with Crippen LogP contribution in [0.5, 0.6) is 0 Å². The van der Waals surface area contributed by atoms with E-state index in [2.05, 4.69) is 25.9 Å². The van der Waals surface area contributed by atoms with Crippen molar-refractivity contribution < 1.29 is 24.3 Å². The van der Waals surface area contributed by atoms with Crippen molar-refractivity contribution in [2.45, 2.75) is 76.5 Å². The van der Waals surface area contributed by atoms with E-state index in [0.29, 0.717) is 38.8 Å². The SMILES string of the molecule is CC(C)[C@H](NC(=O)[C@@H](N)CCCN=C(N)N)C(=O)N[C@@H](Cc1c[nH]c2ccccc12)C(=O)N[C@@H](CCCCN)C(=O)O. The summed E-state index contributed by atoms with van der Waals surface area (Å²) in [4.78, 5) is 58.6. The number of hydrogen-bond donors (Lipinski definition) is 9. The lowest BCUT2D eigenvalue weighted by Gasteiger charge is -2.27. The molecule has 2 rings (SSSR count). The second-order valence-corrected chi connectivity index (χ2v) is 10.6. The van der Waals surface area contributed by atoms with Crippen LogP contribution in [-0.2, 0) is 25.6 Å². The number of aromatic nitrogens is 1. The molecule has 13 N–H and O–H groups in total. The van der Waals surface area contributed by atoms with Crippen molar-refractivity contribution in [1.82, 2.24) is 20.9 Å². The Balaban J connectivity index is 2.22. The van der Waals surface area contributed by atoms with E-state index >= 15 is 0 Å². The molecule has 0 unspecified atom stereocenters. The predicted octanol–water partition coefficient (Wildman–Crippen LogP) is -0.585. The average Bonchev–Trinajstić information content (AvgIpc) is 3.35. The number of carbonyl (C=O) groups excluding carboxylic acids is 3. The van der Waals surface area contributed by atoms with Crippen LogP contribution in [0.4, 0.5) is 0 Å². The number of rotatable bonds is 18. The largest absolute Gasteiger partial charge is 0.480 e. The Hall–Kier alpha value is -4.17. The molecular weight excluding hydrogens is 542 g/mol. The molecule has 14 heteroatoms. The number of fused-ring (bicyclic) bond motifs is 1. The van der Waals surface area contributed by atoms with Gasteiger partial charge in [-0.1, -0.05) is 32.0 Å². The smallest absolute Gasteiger partial charge is 0.326 e. The van der Waals surface area contributed by atoms with Crippen LogP contribution in [0, 0.1) is 5.92 Å². The van der Waals surface area contributed by atoms with E-state index in [-0.39, 0.29) is 24.7 Å². The first-order valence-electron chi connectivity index (χ1n) is 14.1. The predicted molar refractivity (Wildman–Crippen MR) is 161 cm³/mol. The van der Waals surface area contributed by atoms with Crippen LogP contribution in [0.25, 0.3) is 10.9 Å². The number of carbonyl (C=O) groups is 4. The zero-order valence-corrected chi connectivity index (χ0v) is 24.3. The Morgan fingerprint density at radius 3 is 2.26 bits per heavy atom. The molecule has 0 bridgehead atoms. The molecule has 0 aliphatic carbocycles. The summed E-state index contributed by atoms with van der Waals surface area (Å²) < 4.78 is 0.